The van der Waals surface area contributed by atoms with Crippen LogP contribution in [0.5, 0.6) is 5.75 Å². The van der Waals surface area contributed by atoms with Gasteiger partial charge in [-0.25, -0.2) is 4.79 Å². The van der Waals surface area contributed by atoms with Crippen LogP contribution in [0.15, 0.2) is 24.3 Å². The number of hydrogen-bond acceptors (Lipinski definition) is 6. The molecule has 2 aliphatic carbocycles. The maximum Gasteiger partial charge on any atom is 0.348 e. The van der Waals surface area contributed by atoms with E-state index in [1.807, 2.05) is 24.3 Å². The van der Waals surface area contributed by atoms with Crippen molar-refractivity contribution in [1.29, 1.82) is 5.26 Å². The van der Waals surface area contributed by atoms with Crippen molar-refractivity contribution in [2.24, 2.45) is 0 Å². The van der Waals surface area contributed by atoms with Gasteiger partial charge < -0.3 is 14.8 Å². The predicted molar refractivity (Wildman–Crippen MR) is 109 cm³/mol. The number of nitrogens with one attached hydrogen (secondary N) is 1. The van der Waals surface area contributed by atoms with Crippen molar-refractivity contribution >= 4 is 23.2 Å². The fraction of sp³-hybridized carbons (Fsp3) is 0.409. The van der Waals surface area contributed by atoms with Crippen LogP contribution >= 0.6 is 11.3 Å². The molecule has 29 heavy (non-hydrogen) atoms. The summed E-state index contributed by atoms with van der Waals surface area (Å²) in [5.74, 6) is -0.112. The van der Waals surface area contributed by atoms with Crippen LogP contribution in [-0.4, -0.2) is 31.1 Å². The van der Waals surface area contributed by atoms with Crippen molar-refractivity contribution in [3.8, 4) is 22.3 Å². The molecule has 1 saturated carbocycles. The van der Waals surface area contributed by atoms with Gasteiger partial charge in [-0.05, 0) is 79.5 Å². The quantitative estimate of drug-likeness (QED) is 0.761. The lowest BCUT2D eigenvalue weighted by Crippen LogP contribution is -2.46. The Labute approximate surface area is 173 Å². The number of aryl methyl sites for hydroxylation is 2. The van der Waals surface area contributed by atoms with Crippen LogP contribution in [0.3, 0.4) is 0 Å². The molecule has 2 aliphatic rings. The summed E-state index contributed by atoms with van der Waals surface area (Å²) in [5, 5.41) is 12.1. The van der Waals surface area contributed by atoms with Gasteiger partial charge in [-0.1, -0.05) is 0 Å². The van der Waals surface area contributed by atoms with E-state index in [1.165, 1.54) is 16.9 Å². The van der Waals surface area contributed by atoms with Crippen molar-refractivity contribution in [2.45, 2.75) is 44.1 Å². The highest BCUT2D eigenvalue weighted by Gasteiger charge is 2.35. The summed E-state index contributed by atoms with van der Waals surface area (Å²) in [5.41, 5.74) is 2.64. The number of methoxy groups -OCH3 is 1. The Bertz CT molecular complexity index is 999. The number of esters is 1. The van der Waals surface area contributed by atoms with Gasteiger partial charge in [0.1, 0.15) is 16.2 Å². The lowest BCUT2D eigenvalue weighted by atomic mass is 9.91. The van der Waals surface area contributed by atoms with E-state index in [4.69, 9.17) is 9.47 Å². The van der Waals surface area contributed by atoms with Crippen LogP contribution in [0.4, 0.5) is 0 Å². The average Bonchev–Trinajstić information content (AvgIpc) is 3.39. The SMILES string of the molecule is COc1ccc2c(c1)CCc1cc(C(=O)OCC(=O)NC3(C#N)CCCC3)sc1-2. The van der Waals surface area contributed by atoms with E-state index in [9.17, 15) is 14.9 Å². The van der Waals surface area contributed by atoms with Crippen LogP contribution in [0.25, 0.3) is 10.4 Å². The largest absolute Gasteiger partial charge is 0.497 e. The van der Waals surface area contributed by atoms with Crippen molar-refractivity contribution in [1.82, 2.24) is 5.32 Å². The highest BCUT2D eigenvalue weighted by molar-refractivity contribution is 7.17. The molecule has 2 aromatic rings. The minimum Gasteiger partial charge on any atom is -0.497 e. The van der Waals surface area contributed by atoms with Gasteiger partial charge in [0, 0.05) is 4.88 Å². The van der Waals surface area contributed by atoms with E-state index in [0.29, 0.717) is 17.7 Å². The van der Waals surface area contributed by atoms with E-state index < -0.39 is 17.4 Å². The normalized spacial score (nSPS) is 16.3. The van der Waals surface area contributed by atoms with E-state index in [-0.39, 0.29) is 6.61 Å². The monoisotopic (exact) mass is 410 g/mol. The summed E-state index contributed by atoms with van der Waals surface area (Å²) in [6.45, 7) is -0.376. The Balaban J connectivity index is 1.42. The number of amides is 1. The van der Waals surface area contributed by atoms with Crippen LogP contribution in [0, 0.1) is 11.3 Å². The highest BCUT2D eigenvalue weighted by atomic mass is 32.1. The molecule has 0 atom stereocenters. The van der Waals surface area contributed by atoms with Crippen LogP contribution in [0.1, 0.15) is 46.5 Å². The molecule has 1 heterocycles. The third kappa shape index (κ3) is 3.85. The molecule has 4 rings (SSSR count). The van der Waals surface area contributed by atoms with Gasteiger partial charge in [0.05, 0.1) is 13.2 Å². The average molecular weight is 410 g/mol. The molecule has 0 spiro atoms. The second-order valence-electron chi connectivity index (χ2n) is 7.51. The van der Waals surface area contributed by atoms with Crippen molar-refractivity contribution in [3.05, 3.63) is 40.3 Å². The van der Waals surface area contributed by atoms with Gasteiger partial charge in [0.2, 0.25) is 0 Å². The first kappa shape index (κ1) is 19.5. The molecule has 0 aliphatic heterocycles. The highest BCUT2D eigenvalue weighted by Crippen LogP contribution is 2.41. The Morgan fingerprint density at radius 2 is 1.97 bits per heavy atom. The molecule has 0 unspecified atom stereocenters. The molecular weight excluding hydrogens is 388 g/mol. The second kappa shape index (κ2) is 7.88. The number of benzene rings is 1. The maximum atomic E-state index is 12.5. The van der Waals surface area contributed by atoms with Crippen LogP contribution < -0.4 is 10.1 Å². The summed E-state index contributed by atoms with van der Waals surface area (Å²) in [7, 11) is 1.65. The fourth-order valence-electron chi connectivity index (χ4n) is 4.09. The first-order chi connectivity index (χ1) is 14.0. The first-order valence-corrected chi connectivity index (χ1v) is 10.5. The minimum absolute atomic E-state index is 0.376. The minimum atomic E-state index is -0.809. The number of nitrogens with zero attached hydrogens (tertiary/aromatic N) is 1. The molecule has 7 heteroatoms. The van der Waals surface area contributed by atoms with Crippen molar-refractivity contribution in [2.75, 3.05) is 13.7 Å². The zero-order valence-electron chi connectivity index (χ0n) is 16.2. The van der Waals surface area contributed by atoms with Crippen molar-refractivity contribution in [3.63, 3.8) is 0 Å². The topological polar surface area (TPSA) is 88.4 Å². The van der Waals surface area contributed by atoms with E-state index in [1.54, 1.807) is 7.11 Å². The van der Waals surface area contributed by atoms with E-state index >= 15 is 0 Å². The van der Waals surface area contributed by atoms with E-state index in [0.717, 1.165) is 47.4 Å². The molecule has 150 valence electrons. The fourth-order valence-corrected chi connectivity index (χ4v) is 5.25. The van der Waals surface area contributed by atoms with Crippen LogP contribution in [0.2, 0.25) is 0 Å². The molecule has 1 amide bonds. The lowest BCUT2D eigenvalue weighted by Gasteiger charge is -2.21. The third-order valence-electron chi connectivity index (χ3n) is 5.62. The lowest BCUT2D eigenvalue weighted by molar-refractivity contribution is -0.125. The summed E-state index contributed by atoms with van der Waals surface area (Å²) in [6, 6.07) is 10.0. The maximum absolute atomic E-state index is 12.5. The zero-order valence-corrected chi connectivity index (χ0v) is 17.1. The molecule has 1 aromatic heterocycles. The van der Waals surface area contributed by atoms with Gasteiger partial charge in [0.15, 0.2) is 6.61 Å². The van der Waals surface area contributed by atoms with Gasteiger partial charge in [-0.3, -0.25) is 4.79 Å². The number of hydrogen-bond donors (Lipinski definition) is 1. The molecule has 1 N–H and O–H groups in total. The number of fused-ring (bicyclic) bond motifs is 3. The van der Waals surface area contributed by atoms with Gasteiger partial charge >= 0.3 is 5.97 Å². The number of ether oxygens (including phenoxy) is 2. The molecule has 0 saturated heterocycles. The van der Waals surface area contributed by atoms with E-state index in [2.05, 4.69) is 11.4 Å². The smallest absolute Gasteiger partial charge is 0.348 e. The number of thiophene rings is 1. The zero-order chi connectivity index (χ0) is 20.4. The molecule has 1 aromatic carbocycles. The van der Waals surface area contributed by atoms with Crippen molar-refractivity contribution < 1.29 is 19.1 Å². The Hall–Kier alpha value is -2.85. The predicted octanol–water partition coefficient (Wildman–Crippen LogP) is 3.63. The molecule has 0 bridgehead atoms. The summed E-state index contributed by atoms with van der Waals surface area (Å²) < 4.78 is 10.5. The second-order valence-corrected chi connectivity index (χ2v) is 8.57. The molecule has 0 radical (unpaired) electrons. The molecular formula is C22H22N2O4S. The van der Waals surface area contributed by atoms with Crippen LogP contribution in [-0.2, 0) is 22.4 Å². The summed E-state index contributed by atoms with van der Waals surface area (Å²) in [6.07, 6.45) is 4.87. The number of nitriles is 1. The number of carbonyl (C=O) groups is 2. The molecule has 1 fully saturated rings. The van der Waals surface area contributed by atoms with Gasteiger partial charge in [-0.15, -0.1) is 11.3 Å². The standard InChI is InChI=1S/C22H22N2O4S/c1-27-16-6-7-17-14(10-16)4-5-15-11-18(29-20(15)17)21(26)28-12-19(25)24-22(13-23)8-2-3-9-22/h6-7,10-11H,2-5,8-9,12H2,1H3,(H,24,25). The molecule has 6 nitrogen and oxygen atoms in total. The summed E-state index contributed by atoms with van der Waals surface area (Å²) in [4.78, 5) is 26.2. The number of rotatable bonds is 5. The Morgan fingerprint density at radius 3 is 2.69 bits per heavy atom. The number of carbonyl (C=O) groups excluding carboxylic acids is 2. The first-order valence-electron chi connectivity index (χ1n) is 9.73. The Kier molecular flexibility index (Phi) is 5.29. The van der Waals surface area contributed by atoms with Gasteiger partial charge in [-0.2, -0.15) is 5.26 Å². The van der Waals surface area contributed by atoms with Gasteiger partial charge in [0.25, 0.3) is 5.91 Å². The Morgan fingerprint density at radius 1 is 1.21 bits per heavy atom. The summed E-state index contributed by atoms with van der Waals surface area (Å²) >= 11 is 1.39. The third-order valence-corrected chi connectivity index (χ3v) is 6.81.